The van der Waals surface area contributed by atoms with Crippen LogP contribution in [0.5, 0.6) is 0 Å². The maximum absolute atomic E-state index is 12.5. The van der Waals surface area contributed by atoms with Crippen molar-refractivity contribution in [3.05, 3.63) is 70.8 Å². The van der Waals surface area contributed by atoms with Crippen LogP contribution in [0.3, 0.4) is 0 Å². The molecule has 0 aliphatic heterocycles. The predicted octanol–water partition coefficient (Wildman–Crippen LogP) is 4.56. The number of carbonyl (C=O) groups is 1. The Hall–Kier alpha value is -3.52. The van der Waals surface area contributed by atoms with Crippen molar-refractivity contribution in [1.29, 1.82) is 0 Å². The smallest absolute Gasteiger partial charge is 0.228 e. The van der Waals surface area contributed by atoms with E-state index in [2.05, 4.69) is 30.7 Å². The Morgan fingerprint density at radius 3 is 2.84 bits per heavy atom. The molecule has 164 valence electrons. The second-order valence-electron chi connectivity index (χ2n) is 7.62. The number of hydrogen-bond acceptors (Lipinski definition) is 6. The maximum Gasteiger partial charge on any atom is 0.228 e. The van der Waals surface area contributed by atoms with Crippen molar-refractivity contribution in [2.45, 2.75) is 39.8 Å². The van der Waals surface area contributed by atoms with Gasteiger partial charge in [0, 0.05) is 24.6 Å². The molecular weight excluding hydrogens is 426 g/mol. The van der Waals surface area contributed by atoms with Gasteiger partial charge in [0.2, 0.25) is 11.6 Å². The number of hydrogen-bond donors (Lipinski definition) is 2. The fourth-order valence-corrected chi connectivity index (χ4v) is 3.70. The summed E-state index contributed by atoms with van der Waals surface area (Å²) in [6.07, 6.45) is 6.97. The SMILES string of the molecule is CCn1cc2ncc(N[C@@H](C)c3cc(NC(=O)Cc4cncc(Cl)c4)ccc3C)nc2n1. The number of nitrogens with one attached hydrogen (secondary N) is 2. The minimum absolute atomic E-state index is 0.0519. The van der Waals surface area contributed by atoms with Crippen LogP contribution in [0.2, 0.25) is 5.02 Å². The van der Waals surface area contributed by atoms with Crippen LogP contribution in [0.1, 0.15) is 36.6 Å². The van der Waals surface area contributed by atoms with Gasteiger partial charge in [0.05, 0.1) is 29.9 Å². The fourth-order valence-electron chi connectivity index (χ4n) is 3.50. The molecule has 4 rings (SSSR count). The van der Waals surface area contributed by atoms with Crippen LogP contribution in [0.25, 0.3) is 11.2 Å². The van der Waals surface area contributed by atoms with Gasteiger partial charge in [-0.2, -0.15) is 5.10 Å². The molecule has 0 unspecified atom stereocenters. The molecule has 0 saturated heterocycles. The van der Waals surface area contributed by atoms with Crippen LogP contribution in [-0.2, 0) is 17.8 Å². The molecule has 2 N–H and O–H groups in total. The maximum atomic E-state index is 12.5. The van der Waals surface area contributed by atoms with E-state index in [1.165, 1.54) is 0 Å². The molecule has 0 radical (unpaired) electrons. The van der Waals surface area contributed by atoms with E-state index >= 15 is 0 Å². The highest BCUT2D eigenvalue weighted by atomic mass is 35.5. The van der Waals surface area contributed by atoms with E-state index in [4.69, 9.17) is 11.6 Å². The third-order valence-electron chi connectivity index (χ3n) is 5.12. The van der Waals surface area contributed by atoms with E-state index in [-0.39, 0.29) is 18.4 Å². The molecule has 3 aromatic heterocycles. The average molecular weight is 450 g/mol. The van der Waals surface area contributed by atoms with Crippen LogP contribution < -0.4 is 10.6 Å². The summed E-state index contributed by atoms with van der Waals surface area (Å²) in [7, 11) is 0. The summed E-state index contributed by atoms with van der Waals surface area (Å²) in [4.78, 5) is 25.5. The number of halogens is 1. The first-order chi connectivity index (χ1) is 15.4. The van der Waals surface area contributed by atoms with Gasteiger partial charge in [0.15, 0.2) is 0 Å². The summed E-state index contributed by atoms with van der Waals surface area (Å²) in [5.41, 5.74) is 5.01. The molecule has 0 aliphatic carbocycles. The van der Waals surface area contributed by atoms with Crippen molar-refractivity contribution in [3.8, 4) is 0 Å². The Morgan fingerprint density at radius 1 is 1.22 bits per heavy atom. The van der Waals surface area contributed by atoms with E-state index in [0.29, 0.717) is 16.5 Å². The zero-order valence-electron chi connectivity index (χ0n) is 18.1. The molecule has 0 saturated carbocycles. The van der Waals surface area contributed by atoms with Gasteiger partial charge >= 0.3 is 0 Å². The first-order valence-electron chi connectivity index (χ1n) is 10.4. The van der Waals surface area contributed by atoms with E-state index < -0.39 is 0 Å². The number of aromatic nitrogens is 5. The lowest BCUT2D eigenvalue weighted by Crippen LogP contribution is -2.16. The van der Waals surface area contributed by atoms with E-state index in [1.54, 1.807) is 24.7 Å². The monoisotopic (exact) mass is 449 g/mol. The highest BCUT2D eigenvalue weighted by Gasteiger charge is 2.13. The van der Waals surface area contributed by atoms with Gasteiger partial charge in [0.25, 0.3) is 0 Å². The molecular formula is C23H24ClN7O. The standard InChI is InChI=1S/C23H24ClN7O/c1-4-31-13-20-23(30-31)29-21(12-26-20)27-15(3)19-9-18(6-5-14(19)2)28-22(32)8-16-7-17(24)11-25-10-16/h5-7,9-13,15H,4,8H2,1-3H3,(H,28,32)(H,27,29,30)/t15-/m0/s1. The number of amides is 1. The predicted molar refractivity (Wildman–Crippen MR) is 126 cm³/mol. The molecule has 0 aliphatic rings. The Labute approximate surface area is 191 Å². The number of anilines is 2. The number of carbonyl (C=O) groups excluding carboxylic acids is 1. The van der Waals surface area contributed by atoms with Gasteiger partial charge in [-0.05, 0) is 55.7 Å². The molecule has 9 heteroatoms. The van der Waals surface area contributed by atoms with Crippen LogP contribution in [0.4, 0.5) is 11.5 Å². The molecule has 0 bridgehead atoms. The Balaban J connectivity index is 1.47. The molecule has 32 heavy (non-hydrogen) atoms. The minimum Gasteiger partial charge on any atom is -0.362 e. The van der Waals surface area contributed by atoms with Gasteiger partial charge in [-0.25, -0.2) is 9.97 Å². The number of pyridine rings is 1. The van der Waals surface area contributed by atoms with Gasteiger partial charge in [-0.3, -0.25) is 14.5 Å². The molecule has 1 atom stereocenters. The van der Waals surface area contributed by atoms with Gasteiger partial charge in [0.1, 0.15) is 11.3 Å². The van der Waals surface area contributed by atoms with Crippen LogP contribution in [0, 0.1) is 6.92 Å². The van der Waals surface area contributed by atoms with Crippen LogP contribution in [-0.4, -0.2) is 30.6 Å². The molecule has 3 heterocycles. The Kier molecular flexibility index (Phi) is 6.32. The van der Waals surface area contributed by atoms with Crippen molar-refractivity contribution in [1.82, 2.24) is 24.7 Å². The van der Waals surface area contributed by atoms with Gasteiger partial charge in [-0.1, -0.05) is 17.7 Å². The van der Waals surface area contributed by atoms with Gasteiger partial charge < -0.3 is 10.6 Å². The molecule has 0 spiro atoms. The van der Waals surface area contributed by atoms with Crippen molar-refractivity contribution < 1.29 is 4.79 Å². The Morgan fingerprint density at radius 2 is 2.06 bits per heavy atom. The number of nitrogens with zero attached hydrogens (tertiary/aromatic N) is 5. The first-order valence-corrected chi connectivity index (χ1v) is 10.8. The van der Waals surface area contributed by atoms with E-state index in [0.717, 1.165) is 34.4 Å². The molecule has 8 nitrogen and oxygen atoms in total. The second kappa shape index (κ2) is 9.32. The summed E-state index contributed by atoms with van der Waals surface area (Å²) >= 11 is 5.95. The van der Waals surface area contributed by atoms with Crippen molar-refractivity contribution in [3.63, 3.8) is 0 Å². The van der Waals surface area contributed by atoms with Crippen LogP contribution >= 0.6 is 11.6 Å². The first kappa shape index (κ1) is 21.7. The van der Waals surface area contributed by atoms with Crippen molar-refractivity contribution in [2.75, 3.05) is 10.6 Å². The van der Waals surface area contributed by atoms with Crippen molar-refractivity contribution in [2.24, 2.45) is 0 Å². The number of benzene rings is 1. The minimum atomic E-state index is -0.132. The number of aryl methyl sites for hydroxylation is 2. The molecule has 0 fully saturated rings. The summed E-state index contributed by atoms with van der Waals surface area (Å²) in [6.45, 7) is 6.87. The number of rotatable bonds is 7. The lowest BCUT2D eigenvalue weighted by Gasteiger charge is -2.18. The quantitative estimate of drug-likeness (QED) is 0.429. The van der Waals surface area contributed by atoms with E-state index in [1.807, 2.05) is 49.8 Å². The second-order valence-corrected chi connectivity index (χ2v) is 8.06. The average Bonchev–Trinajstić information content (AvgIpc) is 3.17. The zero-order valence-corrected chi connectivity index (χ0v) is 18.9. The summed E-state index contributed by atoms with van der Waals surface area (Å²) in [6, 6.07) is 7.54. The molecule has 1 aromatic carbocycles. The summed E-state index contributed by atoms with van der Waals surface area (Å²) < 4.78 is 1.81. The summed E-state index contributed by atoms with van der Waals surface area (Å²) in [5.74, 6) is 0.515. The summed E-state index contributed by atoms with van der Waals surface area (Å²) in [5, 5.41) is 11.3. The van der Waals surface area contributed by atoms with Gasteiger partial charge in [-0.15, -0.1) is 0 Å². The normalized spacial score (nSPS) is 12.0. The molecule has 1 amide bonds. The number of fused-ring (bicyclic) bond motifs is 1. The lowest BCUT2D eigenvalue weighted by molar-refractivity contribution is -0.115. The third kappa shape index (κ3) is 5.03. The topological polar surface area (TPSA) is 97.6 Å². The largest absolute Gasteiger partial charge is 0.362 e. The lowest BCUT2D eigenvalue weighted by atomic mass is 10.0. The Bertz CT molecular complexity index is 1270. The zero-order chi connectivity index (χ0) is 22.7. The highest BCUT2D eigenvalue weighted by molar-refractivity contribution is 6.30. The van der Waals surface area contributed by atoms with Crippen LogP contribution in [0.15, 0.2) is 49.1 Å². The third-order valence-corrected chi connectivity index (χ3v) is 5.33. The van der Waals surface area contributed by atoms with E-state index in [9.17, 15) is 4.79 Å². The fraction of sp³-hybridized carbons (Fsp3) is 0.261. The molecule has 4 aromatic rings. The highest BCUT2D eigenvalue weighted by Crippen LogP contribution is 2.25. The van der Waals surface area contributed by atoms with Crippen molar-refractivity contribution >= 4 is 40.2 Å².